The first-order chi connectivity index (χ1) is 8.59. The molecule has 0 radical (unpaired) electrons. The summed E-state index contributed by atoms with van der Waals surface area (Å²) in [7, 11) is 0. The third-order valence-electron chi connectivity index (χ3n) is 2.50. The molecule has 92 valence electrons. The van der Waals surface area contributed by atoms with E-state index in [1.54, 1.807) is 19.1 Å². The van der Waals surface area contributed by atoms with Crippen LogP contribution in [0.5, 0.6) is 0 Å². The number of amides is 1. The van der Waals surface area contributed by atoms with Gasteiger partial charge in [-0.2, -0.15) is 0 Å². The van der Waals surface area contributed by atoms with Crippen molar-refractivity contribution in [2.24, 2.45) is 0 Å². The molecule has 1 amide bonds. The number of carboxylic acid groups (broad SMARTS) is 1. The van der Waals surface area contributed by atoms with Crippen LogP contribution in [0.2, 0.25) is 0 Å². The maximum absolute atomic E-state index is 11.9. The van der Waals surface area contributed by atoms with E-state index in [1.165, 1.54) is 24.5 Å². The van der Waals surface area contributed by atoms with Gasteiger partial charge in [0, 0.05) is 5.56 Å². The van der Waals surface area contributed by atoms with Crippen molar-refractivity contribution < 1.29 is 19.1 Å². The van der Waals surface area contributed by atoms with Crippen molar-refractivity contribution in [3.05, 3.63) is 53.5 Å². The van der Waals surface area contributed by atoms with E-state index in [1.807, 2.05) is 0 Å². The van der Waals surface area contributed by atoms with Crippen LogP contribution in [0.4, 0.5) is 5.69 Å². The largest absolute Gasteiger partial charge is 0.545 e. The fourth-order valence-electron chi connectivity index (χ4n) is 1.58. The molecule has 0 spiro atoms. The number of para-hydroxylation sites is 1. The number of furan rings is 1. The Kier molecular flexibility index (Phi) is 3.14. The summed E-state index contributed by atoms with van der Waals surface area (Å²) in [6.07, 6.45) is 1.40. The Morgan fingerprint density at radius 1 is 1.17 bits per heavy atom. The van der Waals surface area contributed by atoms with Gasteiger partial charge in [-0.3, -0.25) is 4.79 Å². The highest BCUT2D eigenvalue weighted by Crippen LogP contribution is 2.17. The molecule has 5 heteroatoms. The van der Waals surface area contributed by atoms with E-state index in [4.69, 9.17) is 4.42 Å². The normalized spacial score (nSPS) is 10.1. The van der Waals surface area contributed by atoms with E-state index >= 15 is 0 Å². The van der Waals surface area contributed by atoms with Gasteiger partial charge in [-0.25, -0.2) is 0 Å². The summed E-state index contributed by atoms with van der Waals surface area (Å²) in [6.45, 7) is 1.65. The summed E-state index contributed by atoms with van der Waals surface area (Å²) in [4.78, 5) is 22.8. The van der Waals surface area contributed by atoms with Crippen molar-refractivity contribution in [3.8, 4) is 0 Å². The molecule has 0 unspecified atom stereocenters. The third-order valence-corrected chi connectivity index (χ3v) is 2.50. The Labute approximate surface area is 103 Å². The van der Waals surface area contributed by atoms with Crippen LogP contribution < -0.4 is 10.4 Å². The predicted molar refractivity (Wildman–Crippen MR) is 62.2 cm³/mol. The van der Waals surface area contributed by atoms with Crippen molar-refractivity contribution in [3.63, 3.8) is 0 Å². The van der Waals surface area contributed by atoms with Crippen molar-refractivity contribution in [2.45, 2.75) is 6.92 Å². The highest BCUT2D eigenvalue weighted by atomic mass is 16.4. The highest BCUT2D eigenvalue weighted by molar-refractivity contribution is 6.07. The van der Waals surface area contributed by atoms with Gasteiger partial charge in [0.15, 0.2) is 0 Å². The van der Waals surface area contributed by atoms with Crippen LogP contribution in [-0.4, -0.2) is 11.9 Å². The number of carbonyl (C=O) groups is 2. The van der Waals surface area contributed by atoms with Crippen molar-refractivity contribution in [1.29, 1.82) is 0 Å². The van der Waals surface area contributed by atoms with Crippen LogP contribution in [0.1, 0.15) is 26.5 Å². The second-order valence-corrected chi connectivity index (χ2v) is 3.68. The maximum atomic E-state index is 11.9. The molecule has 0 aliphatic carbocycles. The van der Waals surface area contributed by atoms with Gasteiger partial charge in [-0.15, -0.1) is 0 Å². The first kappa shape index (κ1) is 11.9. The van der Waals surface area contributed by atoms with E-state index in [9.17, 15) is 14.7 Å². The summed E-state index contributed by atoms with van der Waals surface area (Å²) < 4.78 is 5.01. The van der Waals surface area contributed by atoms with Gasteiger partial charge in [0.1, 0.15) is 5.76 Å². The summed E-state index contributed by atoms with van der Waals surface area (Å²) in [5.41, 5.74) is 0.498. The van der Waals surface area contributed by atoms with Gasteiger partial charge in [0.25, 0.3) is 5.91 Å². The number of carboxylic acids is 1. The minimum atomic E-state index is -1.34. The quantitative estimate of drug-likeness (QED) is 0.879. The number of anilines is 1. The predicted octanol–water partition coefficient (Wildman–Crippen LogP) is 1.20. The molecule has 2 aromatic rings. The van der Waals surface area contributed by atoms with E-state index in [-0.39, 0.29) is 11.3 Å². The molecular formula is C13H10NO4-. The van der Waals surface area contributed by atoms with Crippen molar-refractivity contribution in [2.75, 3.05) is 5.32 Å². The van der Waals surface area contributed by atoms with Crippen LogP contribution in [-0.2, 0) is 0 Å². The molecule has 0 saturated carbocycles. The molecule has 0 fully saturated rings. The molecule has 1 N–H and O–H groups in total. The van der Waals surface area contributed by atoms with E-state index < -0.39 is 11.9 Å². The summed E-state index contributed by atoms with van der Waals surface area (Å²) in [5.74, 6) is -1.29. The average molecular weight is 244 g/mol. The van der Waals surface area contributed by atoms with Crippen LogP contribution in [0, 0.1) is 6.92 Å². The van der Waals surface area contributed by atoms with Crippen molar-refractivity contribution in [1.82, 2.24) is 0 Å². The molecule has 1 heterocycles. The van der Waals surface area contributed by atoms with E-state index in [2.05, 4.69) is 5.32 Å². The number of rotatable bonds is 3. The second-order valence-electron chi connectivity index (χ2n) is 3.68. The maximum Gasteiger partial charge on any atom is 0.259 e. The third kappa shape index (κ3) is 2.24. The number of carbonyl (C=O) groups excluding carboxylic acids is 2. The topological polar surface area (TPSA) is 82.4 Å². The summed E-state index contributed by atoms with van der Waals surface area (Å²) in [6, 6.07) is 7.58. The molecule has 1 aromatic carbocycles. The van der Waals surface area contributed by atoms with Gasteiger partial charge < -0.3 is 19.6 Å². The van der Waals surface area contributed by atoms with Crippen LogP contribution >= 0.6 is 0 Å². The minimum absolute atomic E-state index is 0.0630. The molecule has 0 aliphatic rings. The van der Waals surface area contributed by atoms with Crippen molar-refractivity contribution >= 4 is 17.6 Å². The highest BCUT2D eigenvalue weighted by Gasteiger charge is 2.13. The molecule has 18 heavy (non-hydrogen) atoms. The number of benzene rings is 1. The molecule has 0 aliphatic heterocycles. The van der Waals surface area contributed by atoms with Gasteiger partial charge in [0.2, 0.25) is 0 Å². The molecule has 1 aromatic heterocycles. The van der Waals surface area contributed by atoms with E-state index in [0.717, 1.165) is 0 Å². The zero-order valence-corrected chi connectivity index (χ0v) is 9.60. The lowest BCUT2D eigenvalue weighted by atomic mass is 10.1. The van der Waals surface area contributed by atoms with Crippen LogP contribution in [0.15, 0.2) is 41.0 Å². The molecule has 0 bridgehead atoms. The van der Waals surface area contributed by atoms with Gasteiger partial charge in [0.05, 0.1) is 23.5 Å². The molecular weight excluding hydrogens is 234 g/mol. The minimum Gasteiger partial charge on any atom is -0.545 e. The monoisotopic (exact) mass is 244 g/mol. The number of aryl methyl sites for hydroxylation is 1. The molecule has 0 saturated heterocycles. The Balaban J connectivity index is 2.28. The Morgan fingerprint density at radius 2 is 1.89 bits per heavy atom. The number of nitrogens with one attached hydrogen (secondary N) is 1. The number of hydrogen-bond donors (Lipinski definition) is 1. The van der Waals surface area contributed by atoms with Gasteiger partial charge in [-0.1, -0.05) is 18.2 Å². The zero-order chi connectivity index (χ0) is 13.1. The molecule has 2 rings (SSSR count). The van der Waals surface area contributed by atoms with Crippen LogP contribution in [0.25, 0.3) is 0 Å². The lowest BCUT2D eigenvalue weighted by molar-refractivity contribution is -0.254. The smallest absolute Gasteiger partial charge is 0.259 e. The summed E-state index contributed by atoms with van der Waals surface area (Å²) >= 11 is 0. The zero-order valence-electron chi connectivity index (χ0n) is 9.60. The fraction of sp³-hybridized carbons (Fsp3) is 0.0769. The Hall–Kier alpha value is -2.56. The first-order valence-electron chi connectivity index (χ1n) is 5.25. The average Bonchev–Trinajstić information content (AvgIpc) is 2.76. The van der Waals surface area contributed by atoms with E-state index in [0.29, 0.717) is 11.3 Å². The van der Waals surface area contributed by atoms with Gasteiger partial charge >= 0.3 is 0 Å². The standard InChI is InChI=1S/C13H11NO4/c1-8-9(6-7-18-8)12(15)14-11-5-3-2-4-10(11)13(16)17/h2-7H,1H3,(H,14,15)(H,16,17)/p-1. The second kappa shape index (κ2) is 4.75. The Morgan fingerprint density at radius 3 is 2.50 bits per heavy atom. The summed E-state index contributed by atoms with van der Waals surface area (Å²) in [5, 5.41) is 13.4. The Bertz CT molecular complexity index is 601. The van der Waals surface area contributed by atoms with Crippen LogP contribution in [0.3, 0.4) is 0 Å². The van der Waals surface area contributed by atoms with Gasteiger partial charge in [-0.05, 0) is 19.1 Å². The lowest BCUT2D eigenvalue weighted by Gasteiger charge is -2.11. The molecule has 0 atom stereocenters. The lowest BCUT2D eigenvalue weighted by Crippen LogP contribution is -2.24. The molecule has 5 nitrogen and oxygen atoms in total. The SMILES string of the molecule is Cc1occc1C(=O)Nc1ccccc1C(=O)[O-]. The fourth-order valence-corrected chi connectivity index (χ4v) is 1.58. The number of aromatic carboxylic acids is 1. The number of hydrogen-bond acceptors (Lipinski definition) is 4. The first-order valence-corrected chi connectivity index (χ1v) is 5.25.